The van der Waals surface area contributed by atoms with Gasteiger partial charge in [-0.3, -0.25) is 0 Å². The third-order valence-electron chi connectivity index (χ3n) is 3.61. The van der Waals surface area contributed by atoms with Crippen LogP contribution in [0.1, 0.15) is 11.1 Å². The third kappa shape index (κ3) is 1.57. The first-order chi connectivity index (χ1) is 9.43. The number of aromatic nitrogens is 4. The summed E-state index contributed by atoms with van der Waals surface area (Å²) >= 11 is 0. The van der Waals surface area contributed by atoms with Gasteiger partial charge in [0.2, 0.25) is 0 Å². The number of para-hydroxylation sites is 1. The lowest BCUT2D eigenvalue weighted by Crippen LogP contribution is -2.09. The van der Waals surface area contributed by atoms with Crippen molar-refractivity contribution < 1.29 is 0 Å². The Morgan fingerprint density at radius 1 is 0.842 bits per heavy atom. The summed E-state index contributed by atoms with van der Waals surface area (Å²) in [6, 6.07) is 16.7. The summed E-state index contributed by atoms with van der Waals surface area (Å²) in [6.07, 6.45) is 2.02. The van der Waals surface area contributed by atoms with Gasteiger partial charge in [0.1, 0.15) is 0 Å². The molecule has 0 N–H and O–H groups in total. The third-order valence-corrected chi connectivity index (χ3v) is 3.61. The minimum atomic E-state index is 0.822. The molecule has 2 heterocycles. The van der Waals surface area contributed by atoms with Crippen LogP contribution in [0.3, 0.4) is 0 Å². The molecule has 3 aromatic rings. The largest absolute Gasteiger partial charge is 0.193 e. The van der Waals surface area contributed by atoms with Crippen molar-refractivity contribution in [2.24, 2.45) is 0 Å². The first-order valence-electron chi connectivity index (χ1n) is 6.38. The number of fused-ring (bicyclic) bond motifs is 5. The van der Waals surface area contributed by atoms with Gasteiger partial charge in [-0.15, -0.1) is 5.10 Å². The van der Waals surface area contributed by atoms with Gasteiger partial charge in [0.05, 0.1) is 5.69 Å². The Morgan fingerprint density at radius 2 is 1.58 bits per heavy atom. The van der Waals surface area contributed by atoms with E-state index in [1.165, 1.54) is 11.1 Å². The Morgan fingerprint density at radius 3 is 2.53 bits per heavy atom. The molecule has 0 saturated heterocycles. The van der Waals surface area contributed by atoms with Gasteiger partial charge < -0.3 is 0 Å². The topological polar surface area (TPSA) is 43.6 Å². The van der Waals surface area contributed by atoms with Gasteiger partial charge in [-0.1, -0.05) is 42.5 Å². The van der Waals surface area contributed by atoms with Crippen molar-refractivity contribution in [1.82, 2.24) is 20.2 Å². The number of benzene rings is 2. The maximum atomic E-state index is 4.20. The van der Waals surface area contributed by atoms with Crippen LogP contribution in [0.15, 0.2) is 48.5 Å². The van der Waals surface area contributed by atoms with Crippen molar-refractivity contribution in [3.05, 3.63) is 59.7 Å². The molecule has 1 aliphatic rings. The van der Waals surface area contributed by atoms with Crippen molar-refractivity contribution in [3.8, 4) is 17.1 Å². The number of rotatable bonds is 0. The highest BCUT2D eigenvalue weighted by molar-refractivity contribution is 5.63. The lowest BCUT2D eigenvalue weighted by atomic mass is 9.96. The van der Waals surface area contributed by atoms with E-state index >= 15 is 0 Å². The second-order valence-corrected chi connectivity index (χ2v) is 4.70. The molecule has 2 aromatic carbocycles. The molecule has 0 radical (unpaired) electrons. The summed E-state index contributed by atoms with van der Waals surface area (Å²) in [7, 11) is 0. The summed E-state index contributed by atoms with van der Waals surface area (Å²) in [4.78, 5) is 0. The van der Waals surface area contributed by atoms with Gasteiger partial charge in [0.15, 0.2) is 5.82 Å². The van der Waals surface area contributed by atoms with E-state index in [0.717, 1.165) is 29.9 Å². The molecule has 0 bridgehead atoms. The van der Waals surface area contributed by atoms with Crippen molar-refractivity contribution >= 4 is 0 Å². The molecule has 0 fully saturated rings. The minimum absolute atomic E-state index is 0.822. The van der Waals surface area contributed by atoms with Gasteiger partial charge in [0, 0.05) is 5.56 Å². The first-order valence-corrected chi connectivity index (χ1v) is 6.38. The molecule has 4 heteroatoms. The number of aryl methyl sites for hydroxylation is 2. The lowest BCUT2D eigenvalue weighted by Gasteiger charge is -2.16. The second kappa shape index (κ2) is 4.02. The van der Waals surface area contributed by atoms with Crippen LogP contribution in [0.4, 0.5) is 0 Å². The van der Waals surface area contributed by atoms with Crippen LogP contribution in [-0.4, -0.2) is 20.2 Å². The van der Waals surface area contributed by atoms with Crippen LogP contribution < -0.4 is 0 Å². The smallest absolute Gasteiger partial charge is 0.187 e. The zero-order valence-corrected chi connectivity index (χ0v) is 10.3. The summed E-state index contributed by atoms with van der Waals surface area (Å²) in [6.45, 7) is 0. The molecule has 0 spiro atoms. The maximum Gasteiger partial charge on any atom is 0.187 e. The highest BCUT2D eigenvalue weighted by atomic mass is 15.5. The first kappa shape index (κ1) is 10.4. The molecule has 0 aliphatic carbocycles. The molecule has 0 unspecified atom stereocenters. The van der Waals surface area contributed by atoms with Crippen molar-refractivity contribution in [1.29, 1.82) is 0 Å². The molecule has 4 nitrogen and oxygen atoms in total. The second-order valence-electron chi connectivity index (χ2n) is 4.70. The molecule has 0 atom stereocenters. The molecule has 1 aromatic heterocycles. The Hall–Kier alpha value is -2.49. The molecule has 92 valence electrons. The monoisotopic (exact) mass is 248 g/mol. The molecule has 0 saturated carbocycles. The standard InChI is InChI=1S/C15H12N4/c1-3-7-13-11(5-1)9-10-12-6-2-4-8-14(12)19-15(13)16-17-18-19/h1-8H,9-10H2. The Bertz CT molecular complexity index is 683. The van der Waals surface area contributed by atoms with Gasteiger partial charge >= 0.3 is 0 Å². The Labute approximate surface area is 110 Å². The van der Waals surface area contributed by atoms with Crippen molar-refractivity contribution in [2.45, 2.75) is 12.8 Å². The summed E-state index contributed by atoms with van der Waals surface area (Å²) in [5, 5.41) is 12.2. The van der Waals surface area contributed by atoms with Gasteiger partial charge in [-0.2, -0.15) is 4.68 Å². The average Bonchev–Trinajstić information content (AvgIpc) is 2.92. The number of nitrogens with zero attached hydrogens (tertiary/aromatic N) is 4. The minimum Gasteiger partial charge on any atom is -0.193 e. The average molecular weight is 248 g/mol. The number of hydrogen-bond acceptors (Lipinski definition) is 3. The fraction of sp³-hybridized carbons (Fsp3) is 0.133. The summed E-state index contributed by atoms with van der Waals surface area (Å²) in [5.74, 6) is 0.822. The van der Waals surface area contributed by atoms with Gasteiger partial charge in [-0.25, -0.2) is 0 Å². The molecule has 4 rings (SSSR count). The van der Waals surface area contributed by atoms with Crippen LogP contribution in [0.2, 0.25) is 0 Å². The predicted octanol–water partition coefficient (Wildman–Crippen LogP) is 2.43. The van der Waals surface area contributed by atoms with E-state index in [1.807, 2.05) is 16.8 Å². The van der Waals surface area contributed by atoms with E-state index in [4.69, 9.17) is 0 Å². The van der Waals surface area contributed by atoms with Crippen LogP contribution in [0.25, 0.3) is 17.1 Å². The number of hydrogen-bond donors (Lipinski definition) is 0. The Balaban J connectivity index is 2.05. The molecule has 0 amide bonds. The SMILES string of the molecule is c1ccc2c(c1)CCc1ccccc1-n1nnnc1-2. The maximum absolute atomic E-state index is 4.20. The van der Waals surface area contributed by atoms with Crippen LogP contribution in [-0.2, 0) is 12.8 Å². The fourth-order valence-corrected chi connectivity index (χ4v) is 2.67. The molecule has 19 heavy (non-hydrogen) atoms. The quantitative estimate of drug-likeness (QED) is 0.613. The van der Waals surface area contributed by atoms with Crippen LogP contribution in [0, 0.1) is 0 Å². The zero-order valence-electron chi connectivity index (χ0n) is 10.3. The highest BCUT2D eigenvalue weighted by Gasteiger charge is 2.18. The summed E-state index contributed by atoms with van der Waals surface area (Å²) in [5.41, 5.74) is 4.79. The van der Waals surface area contributed by atoms with E-state index in [0.29, 0.717) is 0 Å². The molecular weight excluding hydrogens is 236 g/mol. The highest BCUT2D eigenvalue weighted by Crippen LogP contribution is 2.28. The van der Waals surface area contributed by atoms with E-state index in [1.54, 1.807) is 0 Å². The van der Waals surface area contributed by atoms with E-state index in [2.05, 4.69) is 51.9 Å². The van der Waals surface area contributed by atoms with Gasteiger partial charge in [-0.05, 0) is 40.5 Å². The normalized spacial score (nSPS) is 12.8. The predicted molar refractivity (Wildman–Crippen MR) is 72.0 cm³/mol. The van der Waals surface area contributed by atoms with Crippen molar-refractivity contribution in [3.63, 3.8) is 0 Å². The van der Waals surface area contributed by atoms with Crippen LogP contribution >= 0.6 is 0 Å². The van der Waals surface area contributed by atoms with Gasteiger partial charge in [0.25, 0.3) is 0 Å². The fourth-order valence-electron chi connectivity index (χ4n) is 2.67. The molecule has 1 aliphatic heterocycles. The zero-order chi connectivity index (χ0) is 12.7. The van der Waals surface area contributed by atoms with Crippen molar-refractivity contribution in [2.75, 3.05) is 0 Å². The van der Waals surface area contributed by atoms with E-state index in [-0.39, 0.29) is 0 Å². The summed E-state index contributed by atoms with van der Waals surface area (Å²) < 4.78 is 1.84. The molecular formula is C15H12N4. The lowest BCUT2D eigenvalue weighted by molar-refractivity contribution is 0.775. The van der Waals surface area contributed by atoms with E-state index < -0.39 is 0 Å². The Kier molecular flexibility index (Phi) is 2.21. The van der Waals surface area contributed by atoms with Crippen LogP contribution in [0.5, 0.6) is 0 Å². The van der Waals surface area contributed by atoms with E-state index in [9.17, 15) is 0 Å². The number of tetrazole rings is 1.